The number of nitrogens with zero attached hydrogens (tertiary/aromatic N) is 2. The molecule has 0 fully saturated rings. The predicted octanol–water partition coefficient (Wildman–Crippen LogP) is 4.12. The lowest BCUT2D eigenvalue weighted by molar-refractivity contribution is -0.385. The summed E-state index contributed by atoms with van der Waals surface area (Å²) in [5.41, 5.74) is -2.89. The van der Waals surface area contributed by atoms with E-state index in [0.29, 0.717) is 12.1 Å². The van der Waals surface area contributed by atoms with Gasteiger partial charge in [-0.3, -0.25) is 20.2 Å². The Morgan fingerprint density at radius 1 is 0.900 bits per heavy atom. The van der Waals surface area contributed by atoms with Gasteiger partial charge in [0.1, 0.15) is 28.4 Å². The molecule has 2 aromatic rings. The number of carbonyl (C=O) groups excluding carboxylic acids is 1. The minimum atomic E-state index is -1.45. The average Bonchev–Trinajstić information content (AvgIpc) is 2.60. The molecule has 0 spiro atoms. The molecule has 0 aliphatic heterocycles. The summed E-state index contributed by atoms with van der Waals surface area (Å²) < 4.78 is 30.3. The van der Waals surface area contributed by atoms with Gasteiger partial charge in [-0.2, -0.15) is 0 Å². The quantitative estimate of drug-likeness (QED) is 0.436. The van der Waals surface area contributed by atoms with Crippen LogP contribution in [-0.4, -0.2) is 32.5 Å². The van der Waals surface area contributed by atoms with Crippen molar-refractivity contribution in [3.8, 4) is 0 Å². The number of hydrogen-bond donors (Lipinski definition) is 1. The van der Waals surface area contributed by atoms with Crippen molar-refractivity contribution < 1.29 is 38.1 Å². The van der Waals surface area contributed by atoms with Gasteiger partial charge in [-0.05, 0) is 45.0 Å². The highest BCUT2D eigenvalue weighted by atomic mass is 19.1. The van der Waals surface area contributed by atoms with E-state index in [1.165, 1.54) is 0 Å². The van der Waals surface area contributed by atoms with E-state index < -0.39 is 56.0 Å². The second kappa shape index (κ2) is 9.49. The number of nitro benzene ring substituents is 2. The van der Waals surface area contributed by atoms with Crippen LogP contribution in [0.3, 0.4) is 0 Å². The Morgan fingerprint density at radius 2 is 1.30 bits per heavy atom. The van der Waals surface area contributed by atoms with Gasteiger partial charge in [-0.15, -0.1) is 0 Å². The highest BCUT2D eigenvalue weighted by Crippen LogP contribution is 2.23. The molecule has 0 aliphatic carbocycles. The number of carboxylic acid groups (broad SMARTS) is 1. The maximum Gasteiger partial charge on any atom is 0.345 e. The van der Waals surface area contributed by atoms with Crippen LogP contribution in [0.4, 0.5) is 20.2 Å². The number of rotatable bonds is 4. The van der Waals surface area contributed by atoms with Crippen LogP contribution in [0.15, 0.2) is 36.4 Å². The van der Waals surface area contributed by atoms with Gasteiger partial charge in [-0.25, -0.2) is 18.4 Å². The molecule has 1 N–H and O–H groups in total. The van der Waals surface area contributed by atoms with E-state index in [2.05, 4.69) is 0 Å². The number of nitro groups is 2. The highest BCUT2D eigenvalue weighted by Gasteiger charge is 2.26. The summed E-state index contributed by atoms with van der Waals surface area (Å²) in [5, 5.41) is 29.4. The van der Waals surface area contributed by atoms with E-state index in [1.807, 2.05) is 0 Å². The molecule has 0 aliphatic rings. The summed E-state index contributed by atoms with van der Waals surface area (Å²) in [7, 11) is 0. The second-order valence-electron chi connectivity index (χ2n) is 6.64. The van der Waals surface area contributed by atoms with Crippen molar-refractivity contribution >= 4 is 23.3 Å². The molecule has 0 unspecified atom stereocenters. The maximum atomic E-state index is 12.9. The van der Waals surface area contributed by atoms with Crippen molar-refractivity contribution in [1.29, 1.82) is 0 Å². The van der Waals surface area contributed by atoms with E-state index in [4.69, 9.17) is 9.84 Å². The number of halogens is 2. The lowest BCUT2D eigenvalue weighted by Gasteiger charge is -2.19. The Morgan fingerprint density at radius 3 is 1.67 bits per heavy atom. The van der Waals surface area contributed by atoms with Gasteiger partial charge < -0.3 is 9.84 Å². The molecule has 10 nitrogen and oxygen atoms in total. The largest absolute Gasteiger partial charge is 0.477 e. The van der Waals surface area contributed by atoms with Crippen LogP contribution in [0.25, 0.3) is 0 Å². The molecule has 0 heterocycles. The zero-order chi connectivity index (χ0) is 23.2. The fraction of sp³-hybridized carbons (Fsp3) is 0.222. The summed E-state index contributed by atoms with van der Waals surface area (Å²) in [5.74, 6) is -3.91. The molecule has 0 atom stereocenters. The summed E-state index contributed by atoms with van der Waals surface area (Å²) in [4.78, 5) is 41.2. The van der Waals surface area contributed by atoms with Crippen molar-refractivity contribution in [1.82, 2.24) is 0 Å². The molecule has 160 valence electrons. The Kier molecular flexibility index (Phi) is 7.62. The molecule has 30 heavy (non-hydrogen) atoms. The Balaban J connectivity index is 0.000000311. The molecule has 2 aromatic carbocycles. The predicted molar refractivity (Wildman–Crippen MR) is 98.2 cm³/mol. The maximum absolute atomic E-state index is 12.9. The molecule has 0 bridgehead atoms. The number of carboxylic acids is 1. The highest BCUT2D eigenvalue weighted by molar-refractivity contribution is 5.94. The number of ether oxygens (including phenoxy) is 1. The first-order chi connectivity index (χ1) is 13.7. The number of benzene rings is 2. The van der Waals surface area contributed by atoms with Crippen molar-refractivity contribution in [2.75, 3.05) is 0 Å². The Bertz CT molecular complexity index is 1000. The van der Waals surface area contributed by atoms with Crippen LogP contribution in [0.2, 0.25) is 0 Å². The second-order valence-corrected chi connectivity index (χ2v) is 6.64. The molecule has 0 saturated carbocycles. The summed E-state index contributed by atoms with van der Waals surface area (Å²) in [6, 6.07) is 5.00. The van der Waals surface area contributed by atoms with E-state index >= 15 is 0 Å². The molecular weight excluding hydrogens is 410 g/mol. The number of hydrogen-bond acceptors (Lipinski definition) is 7. The molecule has 2 rings (SSSR count). The summed E-state index contributed by atoms with van der Waals surface area (Å²) >= 11 is 0. The molecule has 12 heteroatoms. The normalized spacial score (nSPS) is 10.4. The van der Waals surface area contributed by atoms with Crippen LogP contribution < -0.4 is 0 Å². The van der Waals surface area contributed by atoms with Crippen LogP contribution in [-0.2, 0) is 4.74 Å². The first-order valence-electron chi connectivity index (χ1n) is 8.07. The van der Waals surface area contributed by atoms with Crippen LogP contribution >= 0.6 is 0 Å². The van der Waals surface area contributed by atoms with Crippen molar-refractivity contribution in [3.05, 3.63) is 79.4 Å². The molecule has 0 aromatic heterocycles. The fourth-order valence-electron chi connectivity index (χ4n) is 2.00. The molecule has 0 amide bonds. The standard InChI is InChI=1S/C11H12FNO4.C7H4FNO4/c1-11(2,3)17-10(14)8-5-4-7(12)6-9(8)13(15)16;8-4-1-2-5(7(10)11)6(3-4)9(12)13/h4-6H,1-3H3;1-3H,(H,10,11). The van der Waals surface area contributed by atoms with Crippen LogP contribution in [0, 0.1) is 31.9 Å². The number of carbonyl (C=O) groups is 2. The summed E-state index contributed by atoms with van der Waals surface area (Å²) in [6.45, 7) is 4.92. The fourth-order valence-corrected chi connectivity index (χ4v) is 2.00. The van der Waals surface area contributed by atoms with Crippen molar-refractivity contribution in [2.24, 2.45) is 0 Å². The lowest BCUT2D eigenvalue weighted by atomic mass is 10.1. The SMILES string of the molecule is CC(C)(C)OC(=O)c1ccc(F)cc1[N+](=O)[O-].O=C(O)c1ccc(F)cc1[N+](=O)[O-]. The van der Waals surface area contributed by atoms with Gasteiger partial charge in [0.2, 0.25) is 0 Å². The topological polar surface area (TPSA) is 150 Å². The van der Waals surface area contributed by atoms with E-state index in [9.17, 15) is 38.6 Å². The molecule has 0 radical (unpaired) electrons. The zero-order valence-corrected chi connectivity index (χ0v) is 15.9. The monoisotopic (exact) mass is 426 g/mol. The third-order valence-electron chi connectivity index (χ3n) is 3.16. The van der Waals surface area contributed by atoms with E-state index in [1.54, 1.807) is 20.8 Å². The number of esters is 1. The van der Waals surface area contributed by atoms with Gasteiger partial charge in [0.05, 0.1) is 22.0 Å². The smallest absolute Gasteiger partial charge is 0.345 e. The number of aromatic carboxylic acids is 1. The molecule has 0 saturated heterocycles. The minimum Gasteiger partial charge on any atom is -0.477 e. The Labute approximate surface area is 168 Å². The molecular formula is C18H16F2N2O8. The van der Waals surface area contributed by atoms with Gasteiger partial charge in [-0.1, -0.05) is 0 Å². The lowest BCUT2D eigenvalue weighted by Crippen LogP contribution is -2.24. The van der Waals surface area contributed by atoms with E-state index in [0.717, 1.165) is 24.3 Å². The van der Waals surface area contributed by atoms with Gasteiger partial charge in [0, 0.05) is 0 Å². The van der Waals surface area contributed by atoms with Crippen molar-refractivity contribution in [2.45, 2.75) is 26.4 Å². The van der Waals surface area contributed by atoms with Gasteiger partial charge in [0.25, 0.3) is 11.4 Å². The van der Waals surface area contributed by atoms with Crippen LogP contribution in [0.1, 0.15) is 41.5 Å². The third-order valence-corrected chi connectivity index (χ3v) is 3.16. The third kappa shape index (κ3) is 6.89. The van der Waals surface area contributed by atoms with Crippen molar-refractivity contribution in [3.63, 3.8) is 0 Å². The van der Waals surface area contributed by atoms with E-state index in [-0.39, 0.29) is 5.56 Å². The van der Waals surface area contributed by atoms with Crippen LogP contribution in [0.5, 0.6) is 0 Å². The van der Waals surface area contributed by atoms with Gasteiger partial charge in [0.15, 0.2) is 0 Å². The minimum absolute atomic E-state index is 0.258. The first-order valence-corrected chi connectivity index (χ1v) is 8.07. The first kappa shape index (κ1) is 24.1. The average molecular weight is 426 g/mol. The summed E-state index contributed by atoms with van der Waals surface area (Å²) in [6.07, 6.45) is 0. The van der Waals surface area contributed by atoms with Gasteiger partial charge >= 0.3 is 11.9 Å². The Hall–Kier alpha value is -3.96. The zero-order valence-electron chi connectivity index (χ0n) is 15.9.